The number of nitrogens with zero attached hydrogens (tertiary/aromatic N) is 1. The van der Waals surface area contributed by atoms with Gasteiger partial charge in [0.1, 0.15) is 0 Å². The maximum atomic E-state index is 10.5. The Bertz CT molecular complexity index is 405. The molecule has 18 heavy (non-hydrogen) atoms. The molecule has 0 bridgehead atoms. The Labute approximate surface area is 112 Å². The lowest BCUT2D eigenvalue weighted by Gasteiger charge is -2.24. The molecule has 1 N–H and O–H groups in total. The molecule has 1 atom stereocenters. The number of hydrogen-bond donors (Lipinski definition) is 1. The van der Waals surface area contributed by atoms with E-state index in [1.165, 1.54) is 12.0 Å². The molecule has 2 rings (SSSR count). The molecule has 1 saturated heterocycles. The lowest BCUT2D eigenvalue weighted by Crippen LogP contribution is -2.24. The molecule has 98 valence electrons. The van der Waals surface area contributed by atoms with Crippen LogP contribution in [0.4, 0.5) is 0 Å². The van der Waals surface area contributed by atoms with Crippen LogP contribution in [0, 0.1) is 0 Å². The molecule has 0 saturated carbocycles. The van der Waals surface area contributed by atoms with Crippen LogP contribution in [0.15, 0.2) is 24.3 Å². The molecule has 0 aliphatic carbocycles. The Morgan fingerprint density at radius 3 is 2.78 bits per heavy atom. The first-order valence-corrected chi connectivity index (χ1v) is 6.76. The molecule has 3 nitrogen and oxygen atoms in total. The molecular weight excluding hydrogens is 250 g/mol. The van der Waals surface area contributed by atoms with Crippen molar-refractivity contribution in [3.8, 4) is 0 Å². The van der Waals surface area contributed by atoms with Crippen LogP contribution in [0.3, 0.4) is 0 Å². The highest BCUT2D eigenvalue weighted by atomic mass is 35.5. The first-order valence-electron chi connectivity index (χ1n) is 6.38. The number of halogens is 1. The minimum absolute atomic E-state index is 0.254. The van der Waals surface area contributed by atoms with Gasteiger partial charge in [0.15, 0.2) is 0 Å². The predicted molar refractivity (Wildman–Crippen MR) is 71.9 cm³/mol. The van der Waals surface area contributed by atoms with Gasteiger partial charge in [-0.25, -0.2) is 0 Å². The minimum atomic E-state index is -0.711. The number of hydrogen-bond acceptors (Lipinski definition) is 2. The maximum Gasteiger partial charge on any atom is 0.303 e. The van der Waals surface area contributed by atoms with E-state index in [0.29, 0.717) is 6.04 Å². The van der Waals surface area contributed by atoms with Crippen LogP contribution in [0.2, 0.25) is 5.02 Å². The summed E-state index contributed by atoms with van der Waals surface area (Å²) in [4.78, 5) is 12.9. The van der Waals surface area contributed by atoms with Crippen LogP contribution in [0.5, 0.6) is 0 Å². The molecule has 1 heterocycles. The van der Waals surface area contributed by atoms with E-state index in [4.69, 9.17) is 16.7 Å². The average molecular weight is 268 g/mol. The Morgan fingerprint density at radius 1 is 1.39 bits per heavy atom. The van der Waals surface area contributed by atoms with Gasteiger partial charge >= 0.3 is 5.97 Å². The van der Waals surface area contributed by atoms with Gasteiger partial charge in [-0.2, -0.15) is 0 Å². The predicted octanol–water partition coefficient (Wildman–Crippen LogP) is 3.34. The van der Waals surface area contributed by atoms with E-state index < -0.39 is 5.97 Å². The Kier molecular flexibility index (Phi) is 4.61. The molecule has 1 aromatic carbocycles. The van der Waals surface area contributed by atoms with E-state index in [1.807, 2.05) is 12.1 Å². The van der Waals surface area contributed by atoms with Crippen LogP contribution in [-0.2, 0) is 4.79 Å². The molecule has 1 aliphatic heterocycles. The van der Waals surface area contributed by atoms with Crippen molar-refractivity contribution >= 4 is 17.6 Å². The third-order valence-electron chi connectivity index (χ3n) is 3.45. The summed E-state index contributed by atoms with van der Waals surface area (Å²) in [6.07, 6.45) is 3.30. The molecule has 0 spiro atoms. The fourth-order valence-corrected chi connectivity index (χ4v) is 2.72. The monoisotopic (exact) mass is 267 g/mol. The normalized spacial score (nSPS) is 20.2. The maximum absolute atomic E-state index is 10.5. The highest BCUT2D eigenvalue weighted by Gasteiger charge is 2.25. The summed E-state index contributed by atoms with van der Waals surface area (Å²) in [5.74, 6) is -0.711. The van der Waals surface area contributed by atoms with Crippen molar-refractivity contribution in [1.29, 1.82) is 0 Å². The van der Waals surface area contributed by atoms with E-state index in [1.54, 1.807) is 0 Å². The zero-order valence-electron chi connectivity index (χ0n) is 10.3. The van der Waals surface area contributed by atoms with Crippen molar-refractivity contribution in [1.82, 2.24) is 4.90 Å². The van der Waals surface area contributed by atoms with Crippen molar-refractivity contribution in [2.24, 2.45) is 0 Å². The van der Waals surface area contributed by atoms with Gasteiger partial charge < -0.3 is 5.11 Å². The minimum Gasteiger partial charge on any atom is -0.481 e. The zero-order chi connectivity index (χ0) is 13.0. The van der Waals surface area contributed by atoms with Crippen molar-refractivity contribution in [2.45, 2.75) is 31.7 Å². The summed E-state index contributed by atoms with van der Waals surface area (Å²) in [5, 5.41) is 9.43. The highest BCUT2D eigenvalue weighted by Crippen LogP contribution is 2.32. The van der Waals surface area contributed by atoms with Gasteiger partial charge in [0.05, 0.1) is 0 Å². The van der Waals surface area contributed by atoms with Crippen molar-refractivity contribution in [3.05, 3.63) is 34.9 Å². The molecule has 0 radical (unpaired) electrons. The number of carbonyl (C=O) groups is 1. The van der Waals surface area contributed by atoms with Crippen molar-refractivity contribution < 1.29 is 9.90 Å². The van der Waals surface area contributed by atoms with Gasteiger partial charge in [0.25, 0.3) is 0 Å². The molecule has 1 aromatic rings. The average Bonchev–Trinajstić information content (AvgIpc) is 2.78. The summed E-state index contributed by atoms with van der Waals surface area (Å²) < 4.78 is 0. The Balaban J connectivity index is 1.94. The number of likely N-dealkylation sites (tertiary alicyclic amines) is 1. The molecule has 0 aromatic heterocycles. The Hall–Kier alpha value is -1.06. The smallest absolute Gasteiger partial charge is 0.303 e. The van der Waals surface area contributed by atoms with Crippen LogP contribution in [0.1, 0.15) is 37.3 Å². The van der Waals surface area contributed by atoms with Crippen LogP contribution in [0.25, 0.3) is 0 Å². The van der Waals surface area contributed by atoms with Gasteiger partial charge in [-0.1, -0.05) is 23.7 Å². The Morgan fingerprint density at radius 2 is 2.11 bits per heavy atom. The van der Waals surface area contributed by atoms with Crippen LogP contribution < -0.4 is 0 Å². The first kappa shape index (κ1) is 13.4. The first-order chi connectivity index (χ1) is 8.66. The van der Waals surface area contributed by atoms with Gasteiger partial charge in [0, 0.05) is 17.5 Å². The fraction of sp³-hybridized carbons (Fsp3) is 0.500. The molecule has 1 unspecified atom stereocenters. The summed E-state index contributed by atoms with van der Waals surface area (Å²) in [5.41, 5.74) is 1.28. The third-order valence-corrected chi connectivity index (χ3v) is 3.71. The summed E-state index contributed by atoms with van der Waals surface area (Å²) in [6, 6.07) is 8.41. The summed E-state index contributed by atoms with van der Waals surface area (Å²) in [7, 11) is 0. The standard InChI is InChI=1S/C14H18ClNO2/c15-12-7-5-11(6-8-12)13-3-1-9-16(13)10-2-4-14(17)18/h5-8,13H,1-4,9-10H2,(H,17,18). The summed E-state index contributed by atoms with van der Waals surface area (Å²) in [6.45, 7) is 1.92. The van der Waals surface area contributed by atoms with Gasteiger partial charge in [0.2, 0.25) is 0 Å². The second-order valence-corrected chi connectivity index (χ2v) is 5.18. The fourth-order valence-electron chi connectivity index (χ4n) is 2.59. The quantitative estimate of drug-likeness (QED) is 0.889. The topological polar surface area (TPSA) is 40.5 Å². The number of benzene rings is 1. The lowest BCUT2D eigenvalue weighted by molar-refractivity contribution is -0.137. The van der Waals surface area contributed by atoms with Crippen molar-refractivity contribution in [2.75, 3.05) is 13.1 Å². The second-order valence-electron chi connectivity index (χ2n) is 4.74. The number of rotatable bonds is 5. The molecule has 1 fully saturated rings. The van der Waals surface area contributed by atoms with Gasteiger partial charge in [-0.3, -0.25) is 9.69 Å². The van der Waals surface area contributed by atoms with E-state index in [-0.39, 0.29) is 6.42 Å². The van der Waals surface area contributed by atoms with E-state index >= 15 is 0 Å². The molecule has 4 heteroatoms. The van der Waals surface area contributed by atoms with Gasteiger partial charge in [-0.05, 0) is 50.0 Å². The SMILES string of the molecule is O=C(O)CCCN1CCCC1c1ccc(Cl)cc1. The van der Waals surface area contributed by atoms with Crippen LogP contribution in [-0.4, -0.2) is 29.1 Å². The second kappa shape index (κ2) is 6.21. The zero-order valence-corrected chi connectivity index (χ0v) is 11.1. The van der Waals surface area contributed by atoms with Crippen molar-refractivity contribution in [3.63, 3.8) is 0 Å². The molecule has 0 amide bonds. The number of aliphatic carboxylic acids is 1. The number of carboxylic acid groups (broad SMARTS) is 1. The lowest BCUT2D eigenvalue weighted by atomic mass is 10.0. The largest absolute Gasteiger partial charge is 0.481 e. The van der Waals surface area contributed by atoms with Gasteiger partial charge in [-0.15, -0.1) is 0 Å². The van der Waals surface area contributed by atoms with Crippen LogP contribution >= 0.6 is 11.6 Å². The number of carboxylic acids is 1. The highest BCUT2D eigenvalue weighted by molar-refractivity contribution is 6.30. The molecule has 1 aliphatic rings. The van der Waals surface area contributed by atoms with E-state index in [0.717, 1.165) is 31.0 Å². The van der Waals surface area contributed by atoms with E-state index in [9.17, 15) is 4.79 Å². The third kappa shape index (κ3) is 3.47. The van der Waals surface area contributed by atoms with E-state index in [2.05, 4.69) is 17.0 Å². The summed E-state index contributed by atoms with van der Waals surface area (Å²) >= 11 is 5.89. The molecular formula is C14H18ClNO2.